The summed E-state index contributed by atoms with van der Waals surface area (Å²) in [6, 6.07) is -0.736. The lowest BCUT2D eigenvalue weighted by molar-refractivity contribution is -0.316. The van der Waals surface area contributed by atoms with Gasteiger partial charge in [0.15, 0.2) is 12.5 Å². The third-order valence-corrected chi connectivity index (χ3v) is 2.65. The summed E-state index contributed by atoms with van der Waals surface area (Å²) in [5.74, 6) is -1.64. The number of nitrogens with one attached hydrogen (secondary N) is 1. The standard InChI is InChI=1S/C12H22N2O6/c1-7(2)5-19-12(4,20-6-8(3)15)14-10(17)9(16)13-11(14)18/h8-10,15-17H,1,5-6H2,2-4H3,(H,13,18). The first-order valence-corrected chi connectivity index (χ1v) is 6.23. The minimum atomic E-state index is -1.64. The maximum Gasteiger partial charge on any atom is 0.325 e. The van der Waals surface area contributed by atoms with Crippen molar-refractivity contribution in [3.63, 3.8) is 0 Å². The Bertz CT molecular complexity index is 375. The van der Waals surface area contributed by atoms with Crippen LogP contribution >= 0.6 is 0 Å². The van der Waals surface area contributed by atoms with E-state index < -0.39 is 30.5 Å². The smallest absolute Gasteiger partial charge is 0.325 e. The second-order valence-corrected chi connectivity index (χ2v) is 4.98. The van der Waals surface area contributed by atoms with Crippen LogP contribution in [0.1, 0.15) is 20.8 Å². The number of aliphatic hydroxyl groups excluding tert-OH is 3. The minimum absolute atomic E-state index is 0.0862. The molecule has 0 radical (unpaired) electrons. The predicted octanol–water partition coefficient (Wildman–Crippen LogP) is -0.688. The molecule has 0 aliphatic carbocycles. The topological polar surface area (TPSA) is 111 Å². The zero-order valence-corrected chi connectivity index (χ0v) is 11.9. The van der Waals surface area contributed by atoms with E-state index in [1.807, 2.05) is 0 Å². The highest BCUT2D eigenvalue weighted by atomic mass is 16.7. The summed E-state index contributed by atoms with van der Waals surface area (Å²) >= 11 is 0. The number of carbonyl (C=O) groups is 1. The number of urea groups is 1. The van der Waals surface area contributed by atoms with Crippen molar-refractivity contribution in [1.82, 2.24) is 10.2 Å². The van der Waals surface area contributed by atoms with Crippen molar-refractivity contribution < 1.29 is 29.6 Å². The summed E-state index contributed by atoms with van der Waals surface area (Å²) < 4.78 is 10.9. The van der Waals surface area contributed by atoms with E-state index in [-0.39, 0.29) is 13.2 Å². The third-order valence-electron chi connectivity index (χ3n) is 2.65. The average Bonchev–Trinajstić information content (AvgIpc) is 2.59. The minimum Gasteiger partial charge on any atom is -0.391 e. The van der Waals surface area contributed by atoms with Gasteiger partial charge in [-0.15, -0.1) is 0 Å². The average molecular weight is 290 g/mol. The molecule has 8 heteroatoms. The molecule has 1 heterocycles. The lowest BCUT2D eigenvalue weighted by Gasteiger charge is -2.39. The van der Waals surface area contributed by atoms with Crippen LogP contribution in [0, 0.1) is 0 Å². The summed E-state index contributed by atoms with van der Waals surface area (Å²) in [7, 11) is 0. The first kappa shape index (κ1) is 16.9. The van der Waals surface area contributed by atoms with E-state index in [1.54, 1.807) is 6.92 Å². The van der Waals surface area contributed by atoms with E-state index in [9.17, 15) is 20.1 Å². The van der Waals surface area contributed by atoms with Crippen LogP contribution in [0.5, 0.6) is 0 Å². The van der Waals surface area contributed by atoms with Crippen LogP contribution in [0.2, 0.25) is 0 Å². The number of hydrogen-bond acceptors (Lipinski definition) is 6. The van der Waals surface area contributed by atoms with E-state index in [2.05, 4.69) is 11.9 Å². The number of hydrogen-bond donors (Lipinski definition) is 4. The number of carbonyl (C=O) groups excluding carboxylic acids is 1. The SMILES string of the molecule is C=C(C)COC(C)(OCC(C)O)N1C(=O)NC(O)C1O. The monoisotopic (exact) mass is 290 g/mol. The predicted molar refractivity (Wildman–Crippen MR) is 69.2 cm³/mol. The van der Waals surface area contributed by atoms with Gasteiger partial charge < -0.3 is 30.1 Å². The fourth-order valence-electron chi connectivity index (χ4n) is 1.67. The molecule has 0 aromatic rings. The van der Waals surface area contributed by atoms with E-state index in [1.165, 1.54) is 13.8 Å². The van der Waals surface area contributed by atoms with Crippen LogP contribution in [0.15, 0.2) is 12.2 Å². The quantitative estimate of drug-likeness (QED) is 0.365. The fraction of sp³-hybridized carbons (Fsp3) is 0.750. The van der Waals surface area contributed by atoms with Crippen molar-refractivity contribution in [1.29, 1.82) is 0 Å². The molecule has 0 spiro atoms. The molecule has 116 valence electrons. The highest BCUT2D eigenvalue weighted by molar-refractivity contribution is 5.77. The van der Waals surface area contributed by atoms with Crippen molar-refractivity contribution in [2.24, 2.45) is 0 Å². The largest absolute Gasteiger partial charge is 0.391 e. The van der Waals surface area contributed by atoms with Crippen LogP contribution < -0.4 is 5.32 Å². The molecule has 4 unspecified atom stereocenters. The number of rotatable bonds is 7. The van der Waals surface area contributed by atoms with Gasteiger partial charge in [0.2, 0.25) is 0 Å². The Morgan fingerprint density at radius 2 is 2.15 bits per heavy atom. The van der Waals surface area contributed by atoms with E-state index in [0.717, 1.165) is 4.90 Å². The van der Waals surface area contributed by atoms with E-state index >= 15 is 0 Å². The molecule has 1 aliphatic heterocycles. The Balaban J connectivity index is 2.90. The molecule has 2 amide bonds. The van der Waals surface area contributed by atoms with Gasteiger partial charge in [0.1, 0.15) is 0 Å². The van der Waals surface area contributed by atoms with Crippen molar-refractivity contribution in [2.45, 2.75) is 45.2 Å². The zero-order valence-electron chi connectivity index (χ0n) is 11.9. The molecular formula is C12H22N2O6. The molecule has 1 saturated heterocycles. The summed E-state index contributed by atoms with van der Waals surface area (Å²) in [5, 5.41) is 30.7. The number of aliphatic hydroxyl groups is 3. The summed E-state index contributed by atoms with van der Waals surface area (Å²) in [6.45, 7) is 8.30. The van der Waals surface area contributed by atoms with Gasteiger partial charge in [-0.3, -0.25) is 0 Å². The molecule has 4 N–H and O–H groups in total. The second-order valence-electron chi connectivity index (χ2n) is 4.98. The van der Waals surface area contributed by atoms with Gasteiger partial charge in [0.25, 0.3) is 5.91 Å². The van der Waals surface area contributed by atoms with Crippen molar-refractivity contribution in [3.8, 4) is 0 Å². The van der Waals surface area contributed by atoms with Gasteiger partial charge in [-0.05, 0) is 13.8 Å². The highest BCUT2D eigenvalue weighted by Crippen LogP contribution is 2.26. The number of amides is 2. The first-order valence-electron chi connectivity index (χ1n) is 6.23. The molecule has 1 rings (SSSR count). The van der Waals surface area contributed by atoms with Crippen molar-refractivity contribution >= 4 is 6.03 Å². The molecule has 4 atom stereocenters. The van der Waals surface area contributed by atoms with Gasteiger partial charge in [0.05, 0.1) is 19.3 Å². The van der Waals surface area contributed by atoms with E-state index in [0.29, 0.717) is 5.57 Å². The summed E-state index contributed by atoms with van der Waals surface area (Å²) in [5.41, 5.74) is 0.687. The van der Waals surface area contributed by atoms with Crippen LogP contribution in [0.3, 0.4) is 0 Å². The normalized spacial score (nSPS) is 27.1. The molecular weight excluding hydrogens is 268 g/mol. The van der Waals surface area contributed by atoms with Gasteiger partial charge in [-0.1, -0.05) is 12.2 Å². The Morgan fingerprint density at radius 1 is 1.55 bits per heavy atom. The van der Waals surface area contributed by atoms with Crippen molar-refractivity contribution in [2.75, 3.05) is 13.2 Å². The summed E-state index contributed by atoms with van der Waals surface area (Å²) in [4.78, 5) is 12.6. The molecule has 20 heavy (non-hydrogen) atoms. The Labute approximate surface area is 117 Å². The molecule has 8 nitrogen and oxygen atoms in total. The van der Waals surface area contributed by atoms with Crippen LogP contribution in [-0.2, 0) is 9.47 Å². The molecule has 0 saturated carbocycles. The lowest BCUT2D eigenvalue weighted by Crippen LogP contribution is -2.56. The molecule has 1 fully saturated rings. The highest BCUT2D eigenvalue weighted by Gasteiger charge is 2.49. The molecule has 0 aromatic heterocycles. The molecule has 0 aromatic carbocycles. The van der Waals surface area contributed by atoms with Gasteiger partial charge in [0, 0.05) is 6.92 Å². The van der Waals surface area contributed by atoms with E-state index in [4.69, 9.17) is 9.47 Å². The van der Waals surface area contributed by atoms with Crippen LogP contribution in [0.25, 0.3) is 0 Å². The Hall–Kier alpha value is -1.19. The Kier molecular flexibility index (Phi) is 5.49. The number of nitrogens with zero attached hydrogens (tertiary/aromatic N) is 1. The fourth-order valence-corrected chi connectivity index (χ4v) is 1.67. The van der Waals surface area contributed by atoms with Crippen LogP contribution in [-0.4, -0.2) is 63.9 Å². The maximum atomic E-state index is 11.8. The third kappa shape index (κ3) is 3.90. The first-order chi connectivity index (χ1) is 9.17. The molecule has 1 aliphatic rings. The summed E-state index contributed by atoms with van der Waals surface area (Å²) in [6.07, 6.45) is -3.74. The second kappa shape index (κ2) is 6.51. The Morgan fingerprint density at radius 3 is 2.55 bits per heavy atom. The zero-order chi connectivity index (χ0) is 15.5. The van der Waals surface area contributed by atoms with Gasteiger partial charge in [-0.2, -0.15) is 0 Å². The van der Waals surface area contributed by atoms with Crippen molar-refractivity contribution in [3.05, 3.63) is 12.2 Å². The van der Waals surface area contributed by atoms with Crippen LogP contribution in [0.4, 0.5) is 4.79 Å². The number of ether oxygens (including phenoxy) is 2. The van der Waals surface area contributed by atoms with Gasteiger partial charge in [-0.25, -0.2) is 9.69 Å². The molecule has 0 bridgehead atoms. The lowest BCUT2D eigenvalue weighted by atomic mass is 10.3. The van der Waals surface area contributed by atoms with Gasteiger partial charge >= 0.3 is 6.03 Å². The maximum absolute atomic E-state index is 11.8.